The quantitative estimate of drug-likeness (QED) is 0.843. The lowest BCUT2D eigenvalue weighted by atomic mass is 9.70. The van der Waals surface area contributed by atoms with Gasteiger partial charge in [-0.15, -0.1) is 0 Å². The van der Waals surface area contributed by atoms with E-state index >= 15 is 0 Å². The Hall–Kier alpha value is -0.820. The van der Waals surface area contributed by atoms with Gasteiger partial charge in [-0.2, -0.15) is 0 Å². The summed E-state index contributed by atoms with van der Waals surface area (Å²) < 4.78 is 0. The van der Waals surface area contributed by atoms with Gasteiger partial charge in [-0.25, -0.2) is 0 Å². The summed E-state index contributed by atoms with van der Waals surface area (Å²) in [4.78, 5) is 0. The molecule has 100 valence electrons. The van der Waals surface area contributed by atoms with E-state index in [1.807, 2.05) is 0 Å². The Kier molecular flexibility index (Phi) is 4.82. The van der Waals surface area contributed by atoms with Crippen LogP contribution >= 0.6 is 0 Å². The van der Waals surface area contributed by atoms with E-state index in [-0.39, 0.29) is 0 Å². The van der Waals surface area contributed by atoms with E-state index < -0.39 is 0 Å². The Morgan fingerprint density at radius 3 is 2.50 bits per heavy atom. The lowest BCUT2D eigenvalue weighted by molar-refractivity contribution is 0.230. The molecule has 3 unspecified atom stereocenters. The molecule has 0 amide bonds. The van der Waals surface area contributed by atoms with Gasteiger partial charge in [0.05, 0.1) is 0 Å². The molecule has 1 aliphatic carbocycles. The molecular weight excluding hydrogens is 218 g/mol. The van der Waals surface area contributed by atoms with Gasteiger partial charge in [0.15, 0.2) is 0 Å². The standard InChI is InChI=1S/C17H27N/c1-3-4-14-7-10-16(12-18)17(11-14)15-8-5-13(2)6-9-15/h5-6,8-9,14,16-17H,3-4,7,10-12,18H2,1-2H3. The third-order valence-electron chi connectivity index (χ3n) is 4.61. The molecule has 2 rings (SSSR count). The van der Waals surface area contributed by atoms with Crippen molar-refractivity contribution in [3.8, 4) is 0 Å². The van der Waals surface area contributed by atoms with Crippen LogP contribution in [0.1, 0.15) is 56.1 Å². The Labute approximate surface area is 112 Å². The summed E-state index contributed by atoms with van der Waals surface area (Å²) in [5.74, 6) is 2.31. The van der Waals surface area contributed by atoms with Gasteiger partial charge < -0.3 is 5.73 Å². The predicted molar refractivity (Wildman–Crippen MR) is 78.7 cm³/mol. The molecule has 1 heteroatoms. The average molecular weight is 245 g/mol. The molecule has 0 saturated heterocycles. The number of benzene rings is 1. The first-order chi connectivity index (χ1) is 8.74. The average Bonchev–Trinajstić information content (AvgIpc) is 2.40. The maximum atomic E-state index is 5.98. The molecule has 0 aromatic heterocycles. The second-order valence-corrected chi connectivity index (χ2v) is 5.98. The molecular formula is C17H27N. The van der Waals surface area contributed by atoms with Crippen molar-refractivity contribution in [2.24, 2.45) is 17.6 Å². The summed E-state index contributed by atoms with van der Waals surface area (Å²) in [5, 5.41) is 0. The lowest BCUT2D eigenvalue weighted by Gasteiger charge is -2.36. The second-order valence-electron chi connectivity index (χ2n) is 5.98. The van der Waals surface area contributed by atoms with Crippen LogP contribution < -0.4 is 5.73 Å². The van der Waals surface area contributed by atoms with E-state index in [9.17, 15) is 0 Å². The van der Waals surface area contributed by atoms with Gasteiger partial charge in [-0.3, -0.25) is 0 Å². The minimum Gasteiger partial charge on any atom is -0.330 e. The number of aryl methyl sites for hydroxylation is 1. The molecule has 2 N–H and O–H groups in total. The monoisotopic (exact) mass is 245 g/mol. The van der Waals surface area contributed by atoms with Crippen LogP contribution in [0.4, 0.5) is 0 Å². The molecule has 0 bridgehead atoms. The van der Waals surface area contributed by atoms with Crippen LogP contribution in [0, 0.1) is 18.8 Å². The molecule has 1 fully saturated rings. The van der Waals surface area contributed by atoms with Crippen molar-refractivity contribution in [1.82, 2.24) is 0 Å². The number of rotatable bonds is 4. The van der Waals surface area contributed by atoms with Gasteiger partial charge in [0, 0.05) is 0 Å². The van der Waals surface area contributed by atoms with Crippen molar-refractivity contribution in [2.45, 2.75) is 51.9 Å². The smallest absolute Gasteiger partial charge is 0.00430 e. The van der Waals surface area contributed by atoms with Crippen LogP contribution in [-0.2, 0) is 0 Å². The summed E-state index contributed by atoms with van der Waals surface area (Å²) in [5.41, 5.74) is 8.84. The van der Waals surface area contributed by atoms with Crippen LogP contribution in [0.25, 0.3) is 0 Å². The zero-order valence-electron chi connectivity index (χ0n) is 11.9. The van der Waals surface area contributed by atoms with Crippen molar-refractivity contribution >= 4 is 0 Å². The fourth-order valence-corrected chi connectivity index (χ4v) is 3.49. The van der Waals surface area contributed by atoms with Gasteiger partial charge >= 0.3 is 0 Å². The minimum absolute atomic E-state index is 0.695. The summed E-state index contributed by atoms with van der Waals surface area (Å²) in [7, 11) is 0. The van der Waals surface area contributed by atoms with Crippen molar-refractivity contribution < 1.29 is 0 Å². The molecule has 1 saturated carbocycles. The molecule has 0 spiro atoms. The molecule has 1 nitrogen and oxygen atoms in total. The van der Waals surface area contributed by atoms with Crippen molar-refractivity contribution in [2.75, 3.05) is 6.54 Å². The van der Waals surface area contributed by atoms with Crippen LogP contribution in [-0.4, -0.2) is 6.54 Å². The minimum atomic E-state index is 0.695. The van der Waals surface area contributed by atoms with E-state index in [1.54, 1.807) is 0 Å². The van der Waals surface area contributed by atoms with E-state index in [4.69, 9.17) is 5.73 Å². The van der Waals surface area contributed by atoms with Crippen LogP contribution in [0.15, 0.2) is 24.3 Å². The van der Waals surface area contributed by atoms with E-state index in [2.05, 4.69) is 38.1 Å². The summed E-state index contributed by atoms with van der Waals surface area (Å²) in [6.45, 7) is 5.30. The topological polar surface area (TPSA) is 26.0 Å². The highest BCUT2D eigenvalue weighted by Crippen LogP contribution is 2.41. The van der Waals surface area contributed by atoms with Crippen molar-refractivity contribution in [1.29, 1.82) is 0 Å². The SMILES string of the molecule is CCCC1CCC(CN)C(c2ccc(C)cc2)C1. The van der Waals surface area contributed by atoms with E-state index in [0.29, 0.717) is 11.8 Å². The first kappa shape index (κ1) is 13.6. The molecule has 1 aliphatic rings. The number of hydrogen-bond acceptors (Lipinski definition) is 1. The zero-order chi connectivity index (χ0) is 13.0. The zero-order valence-corrected chi connectivity index (χ0v) is 11.9. The Balaban J connectivity index is 2.12. The van der Waals surface area contributed by atoms with Crippen molar-refractivity contribution in [3.63, 3.8) is 0 Å². The highest BCUT2D eigenvalue weighted by molar-refractivity contribution is 5.25. The molecule has 3 atom stereocenters. The van der Waals surface area contributed by atoms with Crippen LogP contribution in [0.3, 0.4) is 0 Å². The Morgan fingerprint density at radius 2 is 1.89 bits per heavy atom. The first-order valence-electron chi connectivity index (χ1n) is 7.51. The molecule has 18 heavy (non-hydrogen) atoms. The third kappa shape index (κ3) is 3.14. The Bertz CT molecular complexity index is 354. The van der Waals surface area contributed by atoms with Gasteiger partial charge in [0.25, 0.3) is 0 Å². The predicted octanol–water partition coefficient (Wildman–Crippen LogP) is 4.25. The fourth-order valence-electron chi connectivity index (χ4n) is 3.49. The molecule has 1 aromatic rings. The molecule has 1 aromatic carbocycles. The van der Waals surface area contributed by atoms with E-state index in [1.165, 1.54) is 43.2 Å². The fraction of sp³-hybridized carbons (Fsp3) is 0.647. The molecule has 0 aliphatic heterocycles. The maximum absolute atomic E-state index is 5.98. The second kappa shape index (κ2) is 6.38. The number of nitrogens with two attached hydrogens (primary N) is 1. The Morgan fingerprint density at radius 1 is 1.17 bits per heavy atom. The van der Waals surface area contributed by atoms with Gasteiger partial charge in [-0.05, 0) is 49.6 Å². The summed E-state index contributed by atoms with van der Waals surface area (Å²) >= 11 is 0. The van der Waals surface area contributed by atoms with Crippen LogP contribution in [0.5, 0.6) is 0 Å². The highest BCUT2D eigenvalue weighted by atomic mass is 14.6. The lowest BCUT2D eigenvalue weighted by Crippen LogP contribution is -2.29. The normalized spacial score (nSPS) is 28.3. The first-order valence-corrected chi connectivity index (χ1v) is 7.51. The van der Waals surface area contributed by atoms with Gasteiger partial charge in [0.1, 0.15) is 0 Å². The third-order valence-corrected chi connectivity index (χ3v) is 4.61. The molecule has 0 radical (unpaired) electrons. The summed E-state index contributed by atoms with van der Waals surface area (Å²) in [6, 6.07) is 9.12. The van der Waals surface area contributed by atoms with Crippen LogP contribution in [0.2, 0.25) is 0 Å². The maximum Gasteiger partial charge on any atom is -0.00430 e. The summed E-state index contributed by atoms with van der Waals surface area (Å²) in [6.07, 6.45) is 6.76. The van der Waals surface area contributed by atoms with Crippen molar-refractivity contribution in [3.05, 3.63) is 35.4 Å². The highest BCUT2D eigenvalue weighted by Gasteiger charge is 2.30. The molecule has 0 heterocycles. The van der Waals surface area contributed by atoms with Gasteiger partial charge in [0.2, 0.25) is 0 Å². The largest absolute Gasteiger partial charge is 0.330 e. The van der Waals surface area contributed by atoms with Gasteiger partial charge in [-0.1, -0.05) is 56.0 Å². The van der Waals surface area contributed by atoms with E-state index in [0.717, 1.165) is 12.5 Å². The number of hydrogen-bond donors (Lipinski definition) is 1.